The number of aromatic nitrogens is 8. The van der Waals surface area contributed by atoms with Crippen molar-refractivity contribution in [3.05, 3.63) is 63.8 Å². The molecule has 0 aliphatic heterocycles. The lowest BCUT2D eigenvalue weighted by atomic mass is 10.2. The Morgan fingerprint density at radius 1 is 1.19 bits per heavy atom. The van der Waals surface area contributed by atoms with Gasteiger partial charge in [0.05, 0.1) is 13.7 Å². The SMILES string of the molecule is COc1nccnc1-n1nc(Cn2nc(-c3ccc(Cl)cc3)n(CC(O)C(F)(F)F)c2=O)nc1C(N)=O. The van der Waals surface area contributed by atoms with Gasteiger partial charge in [0.1, 0.15) is 6.54 Å². The Labute approximate surface area is 209 Å². The highest BCUT2D eigenvalue weighted by molar-refractivity contribution is 6.30. The molecular weight excluding hydrogens is 523 g/mol. The third-order valence-corrected chi connectivity index (χ3v) is 5.21. The summed E-state index contributed by atoms with van der Waals surface area (Å²) >= 11 is 5.88. The van der Waals surface area contributed by atoms with Crippen LogP contribution in [-0.4, -0.2) is 69.5 Å². The Hall–Kier alpha value is -4.31. The number of amides is 1. The van der Waals surface area contributed by atoms with Crippen LogP contribution in [0, 0.1) is 0 Å². The number of hydrogen-bond donors (Lipinski definition) is 2. The quantitative estimate of drug-likeness (QED) is 0.329. The number of methoxy groups -OCH3 is 1. The van der Waals surface area contributed by atoms with E-state index >= 15 is 0 Å². The van der Waals surface area contributed by atoms with Gasteiger partial charge in [-0.15, -0.1) is 10.2 Å². The number of primary amides is 1. The molecule has 4 aromatic rings. The Morgan fingerprint density at radius 3 is 2.49 bits per heavy atom. The number of carbonyl (C=O) groups is 1. The van der Waals surface area contributed by atoms with Gasteiger partial charge in [-0.2, -0.15) is 17.9 Å². The fraction of sp³-hybridized carbons (Fsp3) is 0.250. The monoisotopic (exact) mass is 539 g/mol. The predicted octanol–water partition coefficient (Wildman–Crippen LogP) is 0.815. The molecule has 0 aliphatic rings. The third-order valence-electron chi connectivity index (χ3n) is 4.96. The van der Waals surface area contributed by atoms with E-state index < -0.39 is 37.0 Å². The lowest BCUT2D eigenvalue weighted by Crippen LogP contribution is -2.37. The molecule has 37 heavy (non-hydrogen) atoms. The molecule has 0 bridgehead atoms. The molecule has 1 unspecified atom stereocenters. The van der Waals surface area contributed by atoms with Crippen LogP contribution in [0.25, 0.3) is 17.2 Å². The van der Waals surface area contributed by atoms with Crippen molar-refractivity contribution in [1.29, 1.82) is 0 Å². The summed E-state index contributed by atoms with van der Waals surface area (Å²) in [6.45, 7) is -1.59. The first kappa shape index (κ1) is 25.8. The zero-order valence-electron chi connectivity index (χ0n) is 18.8. The van der Waals surface area contributed by atoms with Crippen LogP contribution >= 0.6 is 11.6 Å². The van der Waals surface area contributed by atoms with Crippen LogP contribution in [0.2, 0.25) is 5.02 Å². The van der Waals surface area contributed by atoms with Crippen molar-refractivity contribution >= 4 is 17.5 Å². The zero-order valence-corrected chi connectivity index (χ0v) is 19.6. The van der Waals surface area contributed by atoms with Gasteiger partial charge >= 0.3 is 11.9 Å². The van der Waals surface area contributed by atoms with Gasteiger partial charge in [-0.05, 0) is 24.3 Å². The van der Waals surface area contributed by atoms with Gasteiger partial charge < -0.3 is 15.6 Å². The molecule has 13 nitrogen and oxygen atoms in total. The lowest BCUT2D eigenvalue weighted by molar-refractivity contribution is -0.207. The Kier molecular flexibility index (Phi) is 6.95. The summed E-state index contributed by atoms with van der Waals surface area (Å²) in [5, 5.41) is 18.2. The Bertz CT molecular complexity index is 1500. The molecule has 3 heterocycles. The molecule has 4 rings (SSSR count). The minimum atomic E-state index is -4.98. The molecule has 3 N–H and O–H groups in total. The normalized spacial score (nSPS) is 12.5. The number of rotatable bonds is 8. The minimum absolute atomic E-state index is 0.00550. The van der Waals surface area contributed by atoms with E-state index in [-0.39, 0.29) is 34.7 Å². The third kappa shape index (κ3) is 5.29. The van der Waals surface area contributed by atoms with Crippen LogP contribution in [-0.2, 0) is 13.1 Å². The van der Waals surface area contributed by atoms with Crippen molar-refractivity contribution < 1.29 is 27.8 Å². The second-order valence-corrected chi connectivity index (χ2v) is 7.89. The van der Waals surface area contributed by atoms with Crippen LogP contribution in [0.15, 0.2) is 41.5 Å². The van der Waals surface area contributed by atoms with E-state index in [0.717, 1.165) is 9.36 Å². The Morgan fingerprint density at radius 2 is 1.86 bits per heavy atom. The number of nitrogens with two attached hydrogens (primary N) is 1. The van der Waals surface area contributed by atoms with Gasteiger partial charge in [0.25, 0.3) is 11.8 Å². The van der Waals surface area contributed by atoms with E-state index in [4.69, 9.17) is 22.1 Å². The highest BCUT2D eigenvalue weighted by Gasteiger charge is 2.39. The maximum atomic E-state index is 13.1. The van der Waals surface area contributed by atoms with Crippen LogP contribution in [0.5, 0.6) is 5.88 Å². The highest BCUT2D eigenvalue weighted by Crippen LogP contribution is 2.24. The molecule has 1 aromatic carbocycles. The molecular formula is C20H17ClF3N9O4. The molecule has 3 aromatic heterocycles. The van der Waals surface area contributed by atoms with Crippen molar-refractivity contribution in [3.8, 4) is 23.1 Å². The molecule has 0 saturated carbocycles. The number of hydrogen-bond acceptors (Lipinski definition) is 9. The first-order valence-corrected chi connectivity index (χ1v) is 10.7. The number of aliphatic hydroxyl groups is 1. The zero-order chi connectivity index (χ0) is 26.9. The van der Waals surface area contributed by atoms with E-state index in [1.807, 2.05) is 0 Å². The van der Waals surface area contributed by atoms with Crippen molar-refractivity contribution in [2.24, 2.45) is 5.73 Å². The molecule has 0 radical (unpaired) electrons. The predicted molar refractivity (Wildman–Crippen MR) is 120 cm³/mol. The fourth-order valence-corrected chi connectivity index (χ4v) is 3.39. The van der Waals surface area contributed by atoms with Gasteiger partial charge in [-0.1, -0.05) is 11.6 Å². The number of ether oxygens (including phenoxy) is 1. The van der Waals surface area contributed by atoms with Gasteiger partial charge in [-0.25, -0.2) is 24.4 Å². The molecule has 0 spiro atoms. The average molecular weight is 540 g/mol. The minimum Gasteiger partial charge on any atom is -0.478 e. The number of aliphatic hydroxyl groups excluding tert-OH is 1. The number of benzene rings is 1. The second kappa shape index (κ2) is 9.98. The summed E-state index contributed by atoms with van der Waals surface area (Å²) in [5.74, 6) is -1.70. The van der Waals surface area contributed by atoms with Gasteiger partial charge in [0, 0.05) is 23.0 Å². The van der Waals surface area contributed by atoms with E-state index in [9.17, 15) is 27.9 Å². The molecule has 0 saturated heterocycles. The lowest BCUT2D eigenvalue weighted by Gasteiger charge is -2.15. The van der Waals surface area contributed by atoms with E-state index in [0.29, 0.717) is 9.59 Å². The van der Waals surface area contributed by atoms with Gasteiger partial charge in [0.15, 0.2) is 17.8 Å². The summed E-state index contributed by atoms with van der Waals surface area (Å²) in [6, 6.07) is 5.82. The van der Waals surface area contributed by atoms with E-state index in [1.165, 1.54) is 43.8 Å². The van der Waals surface area contributed by atoms with Crippen molar-refractivity contribution in [2.45, 2.75) is 25.4 Å². The standard InChI is InChI=1S/C20H17ClF3N9O4/c1-37-18-17(26-6-7-27-18)33-16(14(25)35)28-13(29-33)9-32-19(36)31(8-12(34)20(22,23)24)15(30-32)10-2-4-11(21)5-3-10/h2-7,12,34H,8-9H2,1H3,(H2,25,35). The van der Waals surface area contributed by atoms with E-state index in [2.05, 4.69) is 25.1 Å². The van der Waals surface area contributed by atoms with Crippen molar-refractivity contribution in [3.63, 3.8) is 0 Å². The number of nitrogens with zero attached hydrogens (tertiary/aromatic N) is 8. The smallest absolute Gasteiger partial charge is 0.416 e. The number of halogens is 4. The fourth-order valence-electron chi connectivity index (χ4n) is 3.27. The maximum Gasteiger partial charge on any atom is 0.416 e. The molecule has 0 fully saturated rings. The van der Waals surface area contributed by atoms with Crippen LogP contribution in [0.1, 0.15) is 16.4 Å². The summed E-state index contributed by atoms with van der Waals surface area (Å²) in [6.07, 6.45) is -5.17. The van der Waals surface area contributed by atoms with Crippen LogP contribution in [0.4, 0.5) is 13.2 Å². The highest BCUT2D eigenvalue weighted by atomic mass is 35.5. The molecule has 17 heteroatoms. The molecule has 1 atom stereocenters. The summed E-state index contributed by atoms with van der Waals surface area (Å²) in [5.41, 5.74) is 4.67. The molecule has 0 aliphatic carbocycles. The Balaban J connectivity index is 1.79. The first-order valence-electron chi connectivity index (χ1n) is 10.3. The maximum absolute atomic E-state index is 13.1. The van der Waals surface area contributed by atoms with Gasteiger partial charge in [0.2, 0.25) is 11.6 Å². The van der Waals surface area contributed by atoms with Gasteiger partial charge in [-0.3, -0.25) is 9.36 Å². The van der Waals surface area contributed by atoms with Crippen molar-refractivity contribution in [2.75, 3.05) is 7.11 Å². The van der Waals surface area contributed by atoms with E-state index in [1.54, 1.807) is 0 Å². The van der Waals surface area contributed by atoms with Crippen LogP contribution < -0.4 is 16.2 Å². The summed E-state index contributed by atoms with van der Waals surface area (Å²) in [4.78, 5) is 37.1. The topological polar surface area (TPSA) is 169 Å². The van der Waals surface area contributed by atoms with Crippen molar-refractivity contribution in [1.82, 2.24) is 39.1 Å². The molecule has 194 valence electrons. The number of carbonyl (C=O) groups excluding carboxylic acids is 1. The second-order valence-electron chi connectivity index (χ2n) is 7.46. The largest absolute Gasteiger partial charge is 0.478 e. The summed E-state index contributed by atoms with van der Waals surface area (Å²) < 4.78 is 46.7. The first-order chi connectivity index (χ1) is 17.5. The average Bonchev–Trinajstić information content (AvgIpc) is 3.41. The van der Waals surface area contributed by atoms with Crippen LogP contribution in [0.3, 0.4) is 0 Å². The summed E-state index contributed by atoms with van der Waals surface area (Å²) in [7, 11) is 1.31. The molecule has 1 amide bonds. The number of alkyl halides is 3.